The smallest absolute Gasteiger partial charge is 0.388 e. The summed E-state index contributed by atoms with van der Waals surface area (Å²) in [6.07, 6.45) is -4.25. The van der Waals surface area contributed by atoms with Gasteiger partial charge in [0.25, 0.3) is 0 Å². The Balaban J connectivity index is 3.28. The molecule has 0 radical (unpaired) electrons. The van der Waals surface area contributed by atoms with E-state index in [1.54, 1.807) is 13.8 Å². The van der Waals surface area contributed by atoms with Crippen LogP contribution in [0.5, 0.6) is 0 Å². The molecule has 1 aromatic carbocycles. The van der Waals surface area contributed by atoms with Crippen LogP contribution in [0.2, 0.25) is 0 Å². The van der Waals surface area contributed by atoms with Gasteiger partial charge >= 0.3 is 6.18 Å². The average molecular weight is 244 g/mol. The molecule has 4 heteroatoms. The lowest BCUT2D eigenvalue weighted by molar-refractivity contribution is -0.139. The average Bonchev–Trinajstić information content (AvgIpc) is 2.27. The first kappa shape index (κ1) is 13.8. The summed E-state index contributed by atoms with van der Waals surface area (Å²) in [6, 6.07) is 5.05. The molecule has 0 amide bonds. The van der Waals surface area contributed by atoms with Crippen LogP contribution in [0.1, 0.15) is 31.1 Å². The zero-order valence-electron chi connectivity index (χ0n) is 9.75. The topological polar surface area (TPSA) is 20.2 Å². The van der Waals surface area contributed by atoms with Crippen molar-refractivity contribution in [2.75, 3.05) is 0 Å². The molecule has 0 saturated heterocycles. The van der Waals surface area contributed by atoms with E-state index in [0.717, 1.165) is 6.07 Å². The van der Waals surface area contributed by atoms with Crippen LogP contribution in [0, 0.1) is 5.41 Å². The molecule has 1 rings (SSSR count). The summed E-state index contributed by atoms with van der Waals surface area (Å²) >= 11 is 0. The Morgan fingerprint density at radius 1 is 1.24 bits per heavy atom. The maximum absolute atomic E-state index is 12.8. The van der Waals surface area contributed by atoms with Gasteiger partial charge in [0.05, 0.1) is 11.7 Å². The molecule has 1 nitrogen and oxygen atoms in total. The van der Waals surface area contributed by atoms with E-state index in [1.807, 2.05) is 0 Å². The van der Waals surface area contributed by atoms with Crippen LogP contribution in [-0.4, -0.2) is 5.11 Å². The summed E-state index contributed by atoms with van der Waals surface area (Å²) in [4.78, 5) is 0. The molecule has 1 unspecified atom stereocenters. The lowest BCUT2D eigenvalue weighted by atomic mass is 9.81. The van der Waals surface area contributed by atoms with E-state index in [1.165, 1.54) is 24.3 Å². The minimum Gasteiger partial charge on any atom is -0.388 e. The predicted molar refractivity (Wildman–Crippen MR) is 60.4 cm³/mol. The molecular formula is C13H15F3O. The summed E-state index contributed by atoms with van der Waals surface area (Å²) in [7, 11) is 0. The van der Waals surface area contributed by atoms with E-state index in [2.05, 4.69) is 6.58 Å². The van der Waals surface area contributed by atoms with E-state index in [9.17, 15) is 18.3 Å². The Morgan fingerprint density at radius 2 is 1.76 bits per heavy atom. The van der Waals surface area contributed by atoms with Crippen LogP contribution in [0.3, 0.4) is 0 Å². The fourth-order valence-electron chi connectivity index (χ4n) is 1.51. The summed E-state index contributed by atoms with van der Waals surface area (Å²) in [5.41, 5.74) is -1.74. The highest BCUT2D eigenvalue weighted by Crippen LogP contribution is 2.40. The van der Waals surface area contributed by atoms with Crippen molar-refractivity contribution in [1.82, 2.24) is 0 Å². The maximum Gasteiger partial charge on any atom is 0.416 e. The van der Waals surface area contributed by atoms with Crippen LogP contribution in [0.25, 0.3) is 0 Å². The first-order valence-corrected chi connectivity index (χ1v) is 5.18. The van der Waals surface area contributed by atoms with E-state index >= 15 is 0 Å². The lowest BCUT2D eigenvalue weighted by Gasteiger charge is -2.29. The molecule has 0 aliphatic rings. The maximum atomic E-state index is 12.8. The number of aliphatic hydroxyl groups excluding tert-OH is 1. The molecule has 0 spiro atoms. The highest BCUT2D eigenvalue weighted by atomic mass is 19.4. The van der Waals surface area contributed by atoms with Crippen LogP contribution < -0.4 is 0 Å². The Kier molecular flexibility index (Phi) is 3.67. The summed E-state index contributed by atoms with van der Waals surface area (Å²) in [5.74, 6) is 0. The summed E-state index contributed by atoms with van der Waals surface area (Å²) < 4.78 is 38.3. The number of hydrogen-bond donors (Lipinski definition) is 1. The van der Waals surface area contributed by atoms with Crippen LogP contribution >= 0.6 is 0 Å². The number of benzene rings is 1. The van der Waals surface area contributed by atoms with Gasteiger partial charge in [0.2, 0.25) is 0 Å². The Labute approximate surface area is 98.6 Å². The van der Waals surface area contributed by atoms with Gasteiger partial charge in [-0.3, -0.25) is 0 Å². The van der Waals surface area contributed by atoms with Crippen LogP contribution in [0.4, 0.5) is 13.2 Å². The Morgan fingerprint density at radius 3 is 2.24 bits per heavy atom. The van der Waals surface area contributed by atoms with Gasteiger partial charge in [-0.1, -0.05) is 38.1 Å². The van der Waals surface area contributed by atoms with Crippen molar-refractivity contribution in [2.24, 2.45) is 5.41 Å². The number of hydrogen-bond acceptors (Lipinski definition) is 1. The molecule has 0 aromatic heterocycles. The van der Waals surface area contributed by atoms with Crippen molar-refractivity contribution >= 4 is 0 Å². The van der Waals surface area contributed by atoms with Crippen molar-refractivity contribution in [1.29, 1.82) is 0 Å². The third-order valence-corrected chi connectivity index (χ3v) is 2.79. The van der Waals surface area contributed by atoms with E-state index in [-0.39, 0.29) is 5.56 Å². The van der Waals surface area contributed by atoms with Crippen molar-refractivity contribution in [3.63, 3.8) is 0 Å². The molecule has 1 N–H and O–H groups in total. The van der Waals surface area contributed by atoms with E-state index < -0.39 is 23.3 Å². The van der Waals surface area contributed by atoms with Gasteiger partial charge in [-0.05, 0) is 11.6 Å². The molecule has 1 atom stereocenters. The van der Waals surface area contributed by atoms with Gasteiger partial charge in [-0.25, -0.2) is 0 Å². The summed E-state index contributed by atoms with van der Waals surface area (Å²) in [6.45, 7) is 6.80. The van der Waals surface area contributed by atoms with Crippen molar-refractivity contribution in [3.8, 4) is 0 Å². The third kappa shape index (κ3) is 2.88. The van der Waals surface area contributed by atoms with Crippen LogP contribution in [0.15, 0.2) is 36.9 Å². The van der Waals surface area contributed by atoms with Gasteiger partial charge in [0.15, 0.2) is 0 Å². The molecule has 0 aliphatic carbocycles. The first-order chi connectivity index (χ1) is 7.70. The highest BCUT2D eigenvalue weighted by Gasteiger charge is 2.37. The number of halogens is 3. The second kappa shape index (κ2) is 4.53. The largest absolute Gasteiger partial charge is 0.416 e. The predicted octanol–water partition coefficient (Wildman–Crippen LogP) is 3.95. The second-order valence-corrected chi connectivity index (χ2v) is 4.51. The van der Waals surface area contributed by atoms with Crippen molar-refractivity contribution < 1.29 is 18.3 Å². The normalized spacial score (nSPS) is 14.5. The van der Waals surface area contributed by atoms with Crippen molar-refractivity contribution in [3.05, 3.63) is 48.0 Å². The van der Waals surface area contributed by atoms with E-state index in [4.69, 9.17) is 0 Å². The fourth-order valence-corrected chi connectivity index (χ4v) is 1.51. The van der Waals surface area contributed by atoms with Gasteiger partial charge in [0, 0.05) is 5.41 Å². The molecular weight excluding hydrogens is 229 g/mol. The summed E-state index contributed by atoms with van der Waals surface area (Å²) in [5, 5.41) is 10.0. The molecule has 0 fully saturated rings. The molecule has 0 heterocycles. The van der Waals surface area contributed by atoms with Crippen LogP contribution in [-0.2, 0) is 6.18 Å². The minimum atomic E-state index is -4.46. The van der Waals surface area contributed by atoms with Gasteiger partial charge < -0.3 is 5.11 Å². The fraction of sp³-hybridized carbons (Fsp3) is 0.385. The monoisotopic (exact) mass is 244 g/mol. The number of alkyl halides is 3. The molecule has 1 aromatic rings. The quantitative estimate of drug-likeness (QED) is 0.798. The highest BCUT2D eigenvalue weighted by molar-refractivity contribution is 5.33. The molecule has 17 heavy (non-hydrogen) atoms. The van der Waals surface area contributed by atoms with Crippen molar-refractivity contribution in [2.45, 2.75) is 26.1 Å². The molecule has 0 bridgehead atoms. The van der Waals surface area contributed by atoms with Gasteiger partial charge in [-0.2, -0.15) is 13.2 Å². The Bertz CT molecular complexity index is 407. The third-order valence-electron chi connectivity index (χ3n) is 2.79. The molecule has 94 valence electrons. The molecule has 0 saturated carbocycles. The molecule has 0 aliphatic heterocycles. The van der Waals surface area contributed by atoms with Gasteiger partial charge in [0.1, 0.15) is 0 Å². The first-order valence-electron chi connectivity index (χ1n) is 5.18. The SMILES string of the molecule is C=CC(C)(C)C(O)c1ccccc1C(F)(F)F. The minimum absolute atomic E-state index is 0.120. The second-order valence-electron chi connectivity index (χ2n) is 4.51. The number of rotatable bonds is 3. The van der Waals surface area contributed by atoms with E-state index in [0.29, 0.717) is 0 Å². The lowest BCUT2D eigenvalue weighted by Crippen LogP contribution is -2.22. The zero-order valence-corrected chi connectivity index (χ0v) is 9.75. The number of aliphatic hydroxyl groups is 1. The Hall–Kier alpha value is -1.29. The zero-order chi connectivity index (χ0) is 13.3. The van der Waals surface area contributed by atoms with Gasteiger partial charge in [-0.15, -0.1) is 6.58 Å². The standard InChI is InChI=1S/C13H15F3O/c1-4-12(2,3)11(17)9-7-5-6-8-10(9)13(14,15)16/h4-8,11,17H,1H2,2-3H3.